The van der Waals surface area contributed by atoms with Crippen LogP contribution in [0.5, 0.6) is 5.75 Å². The van der Waals surface area contributed by atoms with Gasteiger partial charge >= 0.3 is 5.97 Å². The Morgan fingerprint density at radius 2 is 2.24 bits per heavy atom. The number of aliphatic carboxylic acids is 1. The largest absolute Gasteiger partial charge is 0.493 e. The minimum Gasteiger partial charge on any atom is -0.493 e. The second-order valence-electron chi connectivity index (χ2n) is 6.46. The number of aryl methyl sites for hydroxylation is 1. The Balaban J connectivity index is 1.68. The third kappa shape index (κ3) is 3.29. The summed E-state index contributed by atoms with van der Waals surface area (Å²) in [5.74, 6) is 2.31. The molecule has 3 unspecified atom stereocenters. The summed E-state index contributed by atoms with van der Waals surface area (Å²) in [4.78, 5) is 10.7. The van der Waals surface area contributed by atoms with Crippen LogP contribution in [-0.2, 0) is 4.79 Å². The van der Waals surface area contributed by atoms with Crippen molar-refractivity contribution in [2.75, 3.05) is 6.61 Å². The molecule has 112 valence electrons. The maximum Gasteiger partial charge on any atom is 0.328 e. The predicted octanol–water partition coefficient (Wildman–Crippen LogP) is 3.91. The van der Waals surface area contributed by atoms with Crippen LogP contribution in [0.15, 0.2) is 24.3 Å². The summed E-state index contributed by atoms with van der Waals surface area (Å²) in [6.45, 7) is 2.76. The first-order valence-corrected chi connectivity index (χ1v) is 7.76. The normalized spacial score (nSPS) is 27.4. The van der Waals surface area contributed by atoms with E-state index in [1.165, 1.54) is 31.8 Å². The highest BCUT2D eigenvalue weighted by atomic mass is 16.5. The maximum absolute atomic E-state index is 10.7. The van der Waals surface area contributed by atoms with Gasteiger partial charge in [0.15, 0.2) is 0 Å². The van der Waals surface area contributed by atoms with Crippen molar-refractivity contribution in [1.82, 2.24) is 0 Å². The summed E-state index contributed by atoms with van der Waals surface area (Å²) in [6, 6.07) is 5.92. The number of hydrogen-bond donors (Lipinski definition) is 1. The lowest BCUT2D eigenvalue weighted by molar-refractivity contribution is -0.131. The van der Waals surface area contributed by atoms with Crippen LogP contribution in [0.4, 0.5) is 0 Å². The standard InChI is InChI=1S/C18H22O3/c1-12-2-6-17(15(8-12)5-7-18(19)20)21-11-16-10-13-3-4-14(16)9-13/h2,5-8,13-14,16H,3-4,9-11H2,1H3,(H,19,20). The summed E-state index contributed by atoms with van der Waals surface area (Å²) in [6.07, 6.45) is 8.23. The fourth-order valence-electron chi connectivity index (χ4n) is 3.87. The molecular weight excluding hydrogens is 264 g/mol. The molecule has 2 bridgehead atoms. The van der Waals surface area contributed by atoms with Gasteiger partial charge in [-0.3, -0.25) is 0 Å². The van der Waals surface area contributed by atoms with Gasteiger partial charge in [0.2, 0.25) is 0 Å². The number of carbonyl (C=O) groups is 1. The highest BCUT2D eigenvalue weighted by Gasteiger charge is 2.39. The molecule has 0 aliphatic heterocycles. The Morgan fingerprint density at radius 3 is 2.90 bits per heavy atom. The van der Waals surface area contributed by atoms with Crippen LogP contribution >= 0.6 is 0 Å². The topological polar surface area (TPSA) is 46.5 Å². The van der Waals surface area contributed by atoms with Gasteiger partial charge in [-0.05, 0) is 62.1 Å². The molecule has 0 heterocycles. The van der Waals surface area contributed by atoms with E-state index in [0.717, 1.165) is 35.3 Å². The van der Waals surface area contributed by atoms with Crippen molar-refractivity contribution in [3.05, 3.63) is 35.4 Å². The van der Waals surface area contributed by atoms with Gasteiger partial charge in [0.1, 0.15) is 5.75 Å². The minimum absolute atomic E-state index is 0.682. The third-order valence-electron chi connectivity index (χ3n) is 4.91. The SMILES string of the molecule is Cc1ccc(OCC2CC3CCC2C3)c(C=CC(=O)O)c1. The van der Waals surface area contributed by atoms with Crippen LogP contribution in [0.25, 0.3) is 6.08 Å². The van der Waals surface area contributed by atoms with Crippen molar-refractivity contribution in [1.29, 1.82) is 0 Å². The van der Waals surface area contributed by atoms with Crippen LogP contribution < -0.4 is 4.74 Å². The first-order chi connectivity index (χ1) is 10.1. The third-order valence-corrected chi connectivity index (χ3v) is 4.91. The fourth-order valence-corrected chi connectivity index (χ4v) is 3.87. The van der Waals surface area contributed by atoms with Gasteiger partial charge in [0.25, 0.3) is 0 Å². The van der Waals surface area contributed by atoms with Crippen molar-refractivity contribution >= 4 is 12.0 Å². The maximum atomic E-state index is 10.7. The van der Waals surface area contributed by atoms with Crippen LogP contribution in [-0.4, -0.2) is 17.7 Å². The molecule has 3 nitrogen and oxygen atoms in total. The molecule has 21 heavy (non-hydrogen) atoms. The number of carboxylic acid groups (broad SMARTS) is 1. The molecule has 2 aliphatic rings. The molecule has 3 heteroatoms. The monoisotopic (exact) mass is 286 g/mol. The Hall–Kier alpha value is -1.77. The zero-order valence-corrected chi connectivity index (χ0v) is 12.4. The van der Waals surface area contributed by atoms with Crippen molar-refractivity contribution in [3.8, 4) is 5.75 Å². The van der Waals surface area contributed by atoms with Gasteiger partial charge in [0, 0.05) is 11.6 Å². The number of fused-ring (bicyclic) bond motifs is 2. The molecule has 3 atom stereocenters. The van der Waals surface area contributed by atoms with E-state index in [9.17, 15) is 4.79 Å². The molecular formula is C18H22O3. The zero-order valence-electron chi connectivity index (χ0n) is 12.4. The molecule has 0 aromatic heterocycles. The molecule has 2 saturated carbocycles. The van der Waals surface area contributed by atoms with Crippen LogP contribution in [0.3, 0.4) is 0 Å². The van der Waals surface area contributed by atoms with E-state index in [-0.39, 0.29) is 0 Å². The average Bonchev–Trinajstić information content (AvgIpc) is 3.06. The van der Waals surface area contributed by atoms with Crippen LogP contribution in [0.1, 0.15) is 36.8 Å². The lowest BCUT2D eigenvalue weighted by atomic mass is 9.89. The highest BCUT2D eigenvalue weighted by Crippen LogP contribution is 2.48. The summed E-state index contributed by atoms with van der Waals surface area (Å²) in [7, 11) is 0. The summed E-state index contributed by atoms with van der Waals surface area (Å²) < 4.78 is 6.02. The summed E-state index contributed by atoms with van der Waals surface area (Å²) >= 11 is 0. The molecule has 1 aromatic rings. The number of carboxylic acids is 1. The Kier molecular flexibility index (Phi) is 4.00. The van der Waals surface area contributed by atoms with Crippen molar-refractivity contribution in [2.45, 2.75) is 32.6 Å². The van der Waals surface area contributed by atoms with Gasteiger partial charge in [-0.2, -0.15) is 0 Å². The number of ether oxygens (including phenoxy) is 1. The molecule has 1 N–H and O–H groups in total. The molecule has 3 rings (SSSR count). The van der Waals surface area contributed by atoms with E-state index >= 15 is 0 Å². The van der Waals surface area contributed by atoms with Gasteiger partial charge in [-0.15, -0.1) is 0 Å². The van der Waals surface area contributed by atoms with E-state index < -0.39 is 5.97 Å². The molecule has 0 saturated heterocycles. The van der Waals surface area contributed by atoms with E-state index in [4.69, 9.17) is 9.84 Å². The first-order valence-electron chi connectivity index (χ1n) is 7.76. The van der Waals surface area contributed by atoms with Crippen molar-refractivity contribution in [3.63, 3.8) is 0 Å². The fraction of sp³-hybridized carbons (Fsp3) is 0.500. The second-order valence-corrected chi connectivity index (χ2v) is 6.46. The molecule has 1 aromatic carbocycles. The van der Waals surface area contributed by atoms with Gasteiger partial charge in [-0.1, -0.05) is 18.1 Å². The predicted molar refractivity (Wildman–Crippen MR) is 82.3 cm³/mol. The van der Waals surface area contributed by atoms with Crippen molar-refractivity contribution < 1.29 is 14.6 Å². The van der Waals surface area contributed by atoms with Gasteiger partial charge in [0.05, 0.1) is 6.61 Å². The van der Waals surface area contributed by atoms with Gasteiger partial charge in [-0.25, -0.2) is 4.79 Å². The van der Waals surface area contributed by atoms with Crippen LogP contribution in [0.2, 0.25) is 0 Å². The summed E-state index contributed by atoms with van der Waals surface area (Å²) in [5.41, 5.74) is 1.95. The first kappa shape index (κ1) is 14.2. The molecule has 0 radical (unpaired) electrons. The smallest absolute Gasteiger partial charge is 0.328 e. The molecule has 2 aliphatic carbocycles. The van der Waals surface area contributed by atoms with E-state index in [0.29, 0.717) is 5.92 Å². The number of rotatable bonds is 5. The Bertz CT molecular complexity index is 562. The number of hydrogen-bond acceptors (Lipinski definition) is 2. The quantitative estimate of drug-likeness (QED) is 0.835. The number of benzene rings is 1. The average molecular weight is 286 g/mol. The molecule has 2 fully saturated rings. The Morgan fingerprint density at radius 1 is 1.38 bits per heavy atom. The van der Waals surface area contributed by atoms with E-state index in [1.807, 2.05) is 25.1 Å². The van der Waals surface area contributed by atoms with Crippen molar-refractivity contribution in [2.24, 2.45) is 17.8 Å². The molecule has 0 amide bonds. The van der Waals surface area contributed by atoms with Gasteiger partial charge < -0.3 is 9.84 Å². The van der Waals surface area contributed by atoms with Crippen LogP contribution in [0, 0.1) is 24.7 Å². The highest BCUT2D eigenvalue weighted by molar-refractivity contribution is 5.85. The summed E-state index contributed by atoms with van der Waals surface area (Å²) in [5, 5.41) is 8.78. The lowest BCUT2D eigenvalue weighted by Crippen LogP contribution is -2.18. The van der Waals surface area contributed by atoms with E-state index in [1.54, 1.807) is 6.08 Å². The minimum atomic E-state index is -0.935. The second kappa shape index (κ2) is 5.92. The molecule has 0 spiro atoms. The van der Waals surface area contributed by atoms with E-state index in [2.05, 4.69) is 0 Å². The zero-order chi connectivity index (χ0) is 14.8. The Labute approximate surface area is 125 Å². The lowest BCUT2D eigenvalue weighted by Gasteiger charge is -2.22.